The highest BCUT2D eigenvalue weighted by Gasteiger charge is 2.25. The summed E-state index contributed by atoms with van der Waals surface area (Å²) >= 11 is 0. The highest BCUT2D eigenvalue weighted by molar-refractivity contribution is 5.97. The van der Waals surface area contributed by atoms with Gasteiger partial charge in [0, 0.05) is 44.1 Å². The number of carbonyl (C=O) groups is 2. The minimum Gasteiger partial charge on any atom is -0.443 e. The maximum atomic E-state index is 12.7. The van der Waals surface area contributed by atoms with Crippen LogP contribution in [0.4, 0.5) is 0 Å². The van der Waals surface area contributed by atoms with Gasteiger partial charge in [0.15, 0.2) is 12.0 Å². The predicted octanol–water partition coefficient (Wildman–Crippen LogP) is 1.82. The fraction of sp³-hybridized carbons (Fsp3) is 0.222. The van der Waals surface area contributed by atoms with Crippen LogP contribution in [0.15, 0.2) is 53.5 Å². The first kappa shape index (κ1) is 15.3. The van der Waals surface area contributed by atoms with Crippen LogP contribution in [0.25, 0.3) is 11.1 Å². The maximum Gasteiger partial charge on any atom is 0.255 e. The SMILES string of the molecule is O=C(c1cccnc1)N1CCN(C(=O)c2ccc3ocnc3c2)CC1. The van der Waals surface area contributed by atoms with Gasteiger partial charge in [0.2, 0.25) is 0 Å². The van der Waals surface area contributed by atoms with Crippen LogP contribution in [0.3, 0.4) is 0 Å². The number of fused-ring (bicyclic) bond motifs is 1. The number of oxazole rings is 1. The standard InChI is InChI=1S/C18H16N4O3/c23-17(13-3-4-16-15(10-13)20-12-25-16)21-6-8-22(9-7-21)18(24)14-2-1-5-19-11-14/h1-5,10-12H,6-9H2. The summed E-state index contributed by atoms with van der Waals surface area (Å²) in [5.41, 5.74) is 2.46. The van der Waals surface area contributed by atoms with E-state index in [1.165, 1.54) is 6.39 Å². The number of rotatable bonds is 2. The van der Waals surface area contributed by atoms with Gasteiger partial charge in [-0.1, -0.05) is 0 Å². The largest absolute Gasteiger partial charge is 0.443 e. The van der Waals surface area contributed by atoms with E-state index in [-0.39, 0.29) is 11.8 Å². The predicted molar refractivity (Wildman–Crippen MR) is 90.1 cm³/mol. The molecule has 1 aromatic carbocycles. The fourth-order valence-electron chi connectivity index (χ4n) is 2.96. The van der Waals surface area contributed by atoms with Gasteiger partial charge in [-0.2, -0.15) is 0 Å². The fourth-order valence-corrected chi connectivity index (χ4v) is 2.96. The zero-order chi connectivity index (χ0) is 17.2. The summed E-state index contributed by atoms with van der Waals surface area (Å²) < 4.78 is 5.20. The van der Waals surface area contributed by atoms with Crippen molar-refractivity contribution in [2.24, 2.45) is 0 Å². The molecule has 0 bridgehead atoms. The Bertz CT molecular complexity index is 914. The minimum atomic E-state index is -0.0571. The molecule has 1 saturated heterocycles. The van der Waals surface area contributed by atoms with Gasteiger partial charge < -0.3 is 14.2 Å². The quantitative estimate of drug-likeness (QED) is 0.713. The molecule has 2 amide bonds. The maximum absolute atomic E-state index is 12.7. The second-order valence-electron chi connectivity index (χ2n) is 5.86. The van der Waals surface area contributed by atoms with Crippen LogP contribution in [-0.4, -0.2) is 57.8 Å². The number of benzene rings is 1. The molecule has 25 heavy (non-hydrogen) atoms. The van der Waals surface area contributed by atoms with Crippen LogP contribution in [0.1, 0.15) is 20.7 Å². The summed E-state index contributed by atoms with van der Waals surface area (Å²) in [7, 11) is 0. The summed E-state index contributed by atoms with van der Waals surface area (Å²) in [6.45, 7) is 2.01. The molecule has 0 aliphatic carbocycles. The third-order valence-electron chi connectivity index (χ3n) is 4.34. The van der Waals surface area contributed by atoms with Crippen LogP contribution in [0, 0.1) is 0 Å². The summed E-state index contributed by atoms with van der Waals surface area (Å²) in [5, 5.41) is 0. The van der Waals surface area contributed by atoms with Crippen molar-refractivity contribution < 1.29 is 14.0 Å². The third kappa shape index (κ3) is 2.96. The van der Waals surface area contributed by atoms with Gasteiger partial charge in [-0.3, -0.25) is 14.6 Å². The molecule has 3 aromatic rings. The Kier molecular flexibility index (Phi) is 3.89. The summed E-state index contributed by atoms with van der Waals surface area (Å²) in [6.07, 6.45) is 4.56. The van der Waals surface area contributed by atoms with Gasteiger partial charge in [-0.25, -0.2) is 4.98 Å². The molecule has 0 N–H and O–H groups in total. The molecular formula is C18H16N4O3. The Morgan fingerprint density at radius 1 is 0.960 bits per heavy atom. The van der Waals surface area contributed by atoms with E-state index in [9.17, 15) is 9.59 Å². The zero-order valence-corrected chi connectivity index (χ0v) is 13.5. The average Bonchev–Trinajstić information content (AvgIpc) is 3.15. The molecule has 7 nitrogen and oxygen atoms in total. The van der Waals surface area contributed by atoms with E-state index >= 15 is 0 Å². The van der Waals surface area contributed by atoms with Crippen molar-refractivity contribution in [3.63, 3.8) is 0 Å². The van der Waals surface area contributed by atoms with Crippen LogP contribution >= 0.6 is 0 Å². The summed E-state index contributed by atoms with van der Waals surface area (Å²) in [6, 6.07) is 8.71. The number of piperazine rings is 1. The van der Waals surface area contributed by atoms with Crippen LogP contribution in [-0.2, 0) is 0 Å². The molecule has 126 valence electrons. The Labute approximate surface area is 143 Å². The average molecular weight is 336 g/mol. The Balaban J connectivity index is 1.42. The number of hydrogen-bond donors (Lipinski definition) is 0. The molecule has 1 aliphatic rings. The Hall–Kier alpha value is -3.22. The molecule has 7 heteroatoms. The molecule has 0 spiro atoms. The van der Waals surface area contributed by atoms with Crippen molar-refractivity contribution >= 4 is 22.9 Å². The lowest BCUT2D eigenvalue weighted by Gasteiger charge is -2.34. The van der Waals surface area contributed by atoms with Gasteiger partial charge >= 0.3 is 0 Å². The number of amides is 2. The van der Waals surface area contributed by atoms with Crippen LogP contribution < -0.4 is 0 Å². The van der Waals surface area contributed by atoms with E-state index in [1.54, 1.807) is 52.5 Å². The van der Waals surface area contributed by atoms with E-state index in [4.69, 9.17) is 4.42 Å². The zero-order valence-electron chi connectivity index (χ0n) is 13.5. The number of carbonyl (C=O) groups excluding carboxylic acids is 2. The third-order valence-corrected chi connectivity index (χ3v) is 4.34. The van der Waals surface area contributed by atoms with E-state index in [0.717, 1.165) is 0 Å². The molecule has 0 atom stereocenters. The van der Waals surface area contributed by atoms with Crippen molar-refractivity contribution in [3.05, 3.63) is 60.2 Å². The number of hydrogen-bond acceptors (Lipinski definition) is 5. The molecule has 3 heterocycles. The second kappa shape index (κ2) is 6.35. The van der Waals surface area contributed by atoms with E-state index in [1.807, 2.05) is 0 Å². The normalized spacial score (nSPS) is 14.7. The summed E-state index contributed by atoms with van der Waals surface area (Å²) in [4.78, 5) is 36.7. The first-order valence-corrected chi connectivity index (χ1v) is 8.04. The highest BCUT2D eigenvalue weighted by atomic mass is 16.3. The topological polar surface area (TPSA) is 79.5 Å². The highest BCUT2D eigenvalue weighted by Crippen LogP contribution is 2.17. The van der Waals surface area contributed by atoms with Crippen molar-refractivity contribution in [2.75, 3.05) is 26.2 Å². The molecule has 1 aliphatic heterocycles. The molecule has 2 aromatic heterocycles. The lowest BCUT2D eigenvalue weighted by Crippen LogP contribution is -2.50. The molecule has 4 rings (SSSR count). The van der Waals surface area contributed by atoms with Gasteiger partial charge in [-0.05, 0) is 30.3 Å². The van der Waals surface area contributed by atoms with Crippen LogP contribution in [0.5, 0.6) is 0 Å². The molecular weight excluding hydrogens is 320 g/mol. The number of aromatic nitrogens is 2. The second-order valence-corrected chi connectivity index (χ2v) is 5.86. The minimum absolute atomic E-state index is 0.0517. The van der Waals surface area contributed by atoms with Gasteiger partial charge in [0.05, 0.1) is 5.56 Å². The molecule has 0 unspecified atom stereocenters. The number of pyridine rings is 1. The first-order valence-electron chi connectivity index (χ1n) is 8.04. The van der Waals surface area contributed by atoms with Crippen molar-refractivity contribution in [1.29, 1.82) is 0 Å². The monoisotopic (exact) mass is 336 g/mol. The number of nitrogens with zero attached hydrogens (tertiary/aromatic N) is 4. The van der Waals surface area contributed by atoms with Gasteiger partial charge in [0.25, 0.3) is 11.8 Å². The van der Waals surface area contributed by atoms with E-state index in [2.05, 4.69) is 9.97 Å². The van der Waals surface area contributed by atoms with Crippen LogP contribution in [0.2, 0.25) is 0 Å². The lowest BCUT2D eigenvalue weighted by atomic mass is 10.1. The lowest BCUT2D eigenvalue weighted by molar-refractivity contribution is 0.0535. The molecule has 0 saturated carbocycles. The van der Waals surface area contributed by atoms with Gasteiger partial charge in [0.1, 0.15) is 5.52 Å². The van der Waals surface area contributed by atoms with E-state index < -0.39 is 0 Å². The van der Waals surface area contributed by atoms with E-state index in [0.29, 0.717) is 48.4 Å². The Morgan fingerprint density at radius 3 is 2.36 bits per heavy atom. The van der Waals surface area contributed by atoms with Crippen molar-refractivity contribution in [3.8, 4) is 0 Å². The van der Waals surface area contributed by atoms with Crippen molar-refractivity contribution in [1.82, 2.24) is 19.8 Å². The summed E-state index contributed by atoms with van der Waals surface area (Å²) in [5.74, 6) is -0.109. The molecule has 0 radical (unpaired) electrons. The Morgan fingerprint density at radius 2 is 1.68 bits per heavy atom. The van der Waals surface area contributed by atoms with Gasteiger partial charge in [-0.15, -0.1) is 0 Å². The first-order chi connectivity index (χ1) is 12.2. The smallest absolute Gasteiger partial charge is 0.255 e. The van der Waals surface area contributed by atoms with Crippen molar-refractivity contribution in [2.45, 2.75) is 0 Å². The molecule has 1 fully saturated rings.